The third-order valence-electron chi connectivity index (χ3n) is 5.05. The van der Waals surface area contributed by atoms with E-state index in [-0.39, 0.29) is 0 Å². The molecular formula is C17H24BrN. The van der Waals surface area contributed by atoms with Crippen LogP contribution in [-0.2, 0) is 6.42 Å². The molecule has 1 N–H and O–H groups in total. The van der Waals surface area contributed by atoms with Gasteiger partial charge in [-0.15, -0.1) is 0 Å². The standard InChI is InChI=1S/C17H24BrN/c1-2-19-16(11-12-7-3-6-10-15(12)18)17-13-8-4-5-9-14(13)17/h3,6-7,10,13-14,16-17,19H,2,4-5,8-9,11H2,1H3. The summed E-state index contributed by atoms with van der Waals surface area (Å²) in [6, 6.07) is 9.37. The molecule has 0 aromatic heterocycles. The molecule has 0 heterocycles. The van der Waals surface area contributed by atoms with Crippen LogP contribution in [0.2, 0.25) is 0 Å². The van der Waals surface area contributed by atoms with Crippen molar-refractivity contribution in [2.24, 2.45) is 17.8 Å². The zero-order valence-electron chi connectivity index (χ0n) is 11.7. The normalized spacial score (nSPS) is 30.7. The number of nitrogens with one attached hydrogen (secondary N) is 1. The first-order chi connectivity index (χ1) is 9.31. The van der Waals surface area contributed by atoms with Crippen molar-refractivity contribution in [3.63, 3.8) is 0 Å². The third kappa shape index (κ3) is 2.90. The van der Waals surface area contributed by atoms with Crippen LogP contribution in [0.5, 0.6) is 0 Å². The van der Waals surface area contributed by atoms with Gasteiger partial charge < -0.3 is 5.32 Å². The van der Waals surface area contributed by atoms with Crippen LogP contribution in [0.1, 0.15) is 38.2 Å². The fraction of sp³-hybridized carbons (Fsp3) is 0.647. The predicted octanol–water partition coefficient (Wildman–Crippen LogP) is 4.41. The Morgan fingerprint density at radius 3 is 2.53 bits per heavy atom. The van der Waals surface area contributed by atoms with Crippen LogP contribution in [0.3, 0.4) is 0 Å². The van der Waals surface area contributed by atoms with E-state index in [9.17, 15) is 0 Å². The van der Waals surface area contributed by atoms with Crippen LogP contribution < -0.4 is 5.32 Å². The summed E-state index contributed by atoms with van der Waals surface area (Å²) < 4.78 is 1.27. The second-order valence-electron chi connectivity index (χ2n) is 6.15. The Labute approximate surface area is 125 Å². The van der Waals surface area contributed by atoms with Crippen LogP contribution in [0, 0.1) is 17.8 Å². The minimum atomic E-state index is 0.678. The van der Waals surface area contributed by atoms with E-state index in [4.69, 9.17) is 0 Å². The van der Waals surface area contributed by atoms with E-state index in [1.165, 1.54) is 42.1 Å². The molecule has 0 aliphatic heterocycles. The average molecular weight is 322 g/mol. The van der Waals surface area contributed by atoms with Gasteiger partial charge in [-0.3, -0.25) is 0 Å². The number of halogens is 1. The highest BCUT2D eigenvalue weighted by Crippen LogP contribution is 2.57. The Morgan fingerprint density at radius 2 is 1.89 bits per heavy atom. The van der Waals surface area contributed by atoms with Crippen LogP contribution in [0.4, 0.5) is 0 Å². The molecule has 3 rings (SSSR count). The van der Waals surface area contributed by atoms with Gasteiger partial charge in [0.15, 0.2) is 0 Å². The highest BCUT2D eigenvalue weighted by atomic mass is 79.9. The van der Waals surface area contributed by atoms with E-state index in [0.717, 1.165) is 24.3 Å². The zero-order valence-corrected chi connectivity index (χ0v) is 13.3. The van der Waals surface area contributed by atoms with Crippen molar-refractivity contribution in [2.75, 3.05) is 6.54 Å². The Balaban J connectivity index is 1.70. The Morgan fingerprint density at radius 1 is 1.21 bits per heavy atom. The number of benzene rings is 1. The molecule has 104 valence electrons. The lowest BCUT2D eigenvalue weighted by Crippen LogP contribution is -2.34. The molecule has 2 aliphatic carbocycles. The van der Waals surface area contributed by atoms with Crippen LogP contribution in [-0.4, -0.2) is 12.6 Å². The summed E-state index contributed by atoms with van der Waals surface area (Å²) in [4.78, 5) is 0. The molecular weight excluding hydrogens is 298 g/mol. The summed E-state index contributed by atoms with van der Waals surface area (Å²) >= 11 is 3.69. The number of likely N-dealkylation sites (N-methyl/N-ethyl adjacent to an activating group) is 1. The molecule has 3 unspecified atom stereocenters. The van der Waals surface area contributed by atoms with Gasteiger partial charge in [-0.05, 0) is 55.2 Å². The summed E-state index contributed by atoms with van der Waals surface area (Å²) in [5, 5.41) is 3.76. The second kappa shape index (κ2) is 5.97. The van der Waals surface area contributed by atoms with E-state index in [0.29, 0.717) is 6.04 Å². The fourth-order valence-corrected chi connectivity index (χ4v) is 4.60. The van der Waals surface area contributed by atoms with Crippen molar-refractivity contribution in [1.82, 2.24) is 5.32 Å². The molecule has 0 bridgehead atoms. The molecule has 3 atom stereocenters. The van der Waals surface area contributed by atoms with Gasteiger partial charge in [-0.2, -0.15) is 0 Å². The zero-order chi connectivity index (χ0) is 13.2. The smallest absolute Gasteiger partial charge is 0.0207 e. The molecule has 0 saturated heterocycles. The minimum absolute atomic E-state index is 0.678. The van der Waals surface area contributed by atoms with E-state index >= 15 is 0 Å². The van der Waals surface area contributed by atoms with Crippen LogP contribution in [0.15, 0.2) is 28.7 Å². The van der Waals surface area contributed by atoms with Crippen molar-refractivity contribution >= 4 is 15.9 Å². The summed E-state index contributed by atoms with van der Waals surface area (Å²) in [5.74, 6) is 3.00. The molecule has 2 heteroatoms. The topological polar surface area (TPSA) is 12.0 Å². The molecule has 0 radical (unpaired) electrons. The molecule has 0 spiro atoms. The highest BCUT2D eigenvalue weighted by Gasteiger charge is 2.53. The third-order valence-corrected chi connectivity index (χ3v) is 5.82. The summed E-state index contributed by atoms with van der Waals surface area (Å²) in [6.45, 7) is 3.32. The maximum absolute atomic E-state index is 3.76. The van der Waals surface area contributed by atoms with Gasteiger partial charge in [-0.1, -0.05) is 53.9 Å². The van der Waals surface area contributed by atoms with Crippen molar-refractivity contribution in [1.29, 1.82) is 0 Å². The van der Waals surface area contributed by atoms with Gasteiger partial charge in [-0.25, -0.2) is 0 Å². The van der Waals surface area contributed by atoms with E-state index in [1.807, 2.05) is 0 Å². The van der Waals surface area contributed by atoms with Crippen LogP contribution >= 0.6 is 15.9 Å². The van der Waals surface area contributed by atoms with Crippen LogP contribution in [0.25, 0.3) is 0 Å². The van der Waals surface area contributed by atoms with E-state index in [2.05, 4.69) is 52.4 Å². The maximum atomic E-state index is 3.76. The van der Waals surface area contributed by atoms with Crippen molar-refractivity contribution in [2.45, 2.75) is 45.1 Å². The predicted molar refractivity (Wildman–Crippen MR) is 84.2 cm³/mol. The second-order valence-corrected chi connectivity index (χ2v) is 7.00. The molecule has 0 amide bonds. The maximum Gasteiger partial charge on any atom is 0.0207 e. The van der Waals surface area contributed by atoms with E-state index in [1.54, 1.807) is 0 Å². The SMILES string of the molecule is CCNC(Cc1ccccc1Br)C1C2CCCCC21. The molecule has 1 aromatic rings. The van der Waals surface area contributed by atoms with Gasteiger partial charge in [0.05, 0.1) is 0 Å². The van der Waals surface area contributed by atoms with Gasteiger partial charge in [0.1, 0.15) is 0 Å². The number of hydrogen-bond donors (Lipinski definition) is 1. The first kappa shape index (κ1) is 13.6. The molecule has 1 nitrogen and oxygen atoms in total. The first-order valence-electron chi connectivity index (χ1n) is 7.78. The van der Waals surface area contributed by atoms with E-state index < -0.39 is 0 Å². The molecule has 2 aliphatic rings. The lowest BCUT2D eigenvalue weighted by molar-refractivity contribution is 0.437. The fourth-order valence-electron chi connectivity index (χ4n) is 4.15. The summed E-state index contributed by atoms with van der Waals surface area (Å²) in [6.07, 6.45) is 7.06. The summed E-state index contributed by atoms with van der Waals surface area (Å²) in [5.41, 5.74) is 1.46. The van der Waals surface area contributed by atoms with Crippen molar-refractivity contribution in [3.05, 3.63) is 34.3 Å². The van der Waals surface area contributed by atoms with Gasteiger partial charge >= 0.3 is 0 Å². The minimum Gasteiger partial charge on any atom is -0.314 e. The quantitative estimate of drug-likeness (QED) is 0.847. The Bertz CT molecular complexity index is 419. The molecule has 1 aromatic carbocycles. The Kier molecular flexibility index (Phi) is 4.28. The van der Waals surface area contributed by atoms with Gasteiger partial charge in [0, 0.05) is 10.5 Å². The monoisotopic (exact) mass is 321 g/mol. The van der Waals surface area contributed by atoms with Gasteiger partial charge in [0.25, 0.3) is 0 Å². The van der Waals surface area contributed by atoms with Gasteiger partial charge in [0.2, 0.25) is 0 Å². The highest BCUT2D eigenvalue weighted by molar-refractivity contribution is 9.10. The molecule has 19 heavy (non-hydrogen) atoms. The molecule has 2 fully saturated rings. The first-order valence-corrected chi connectivity index (χ1v) is 8.57. The number of hydrogen-bond acceptors (Lipinski definition) is 1. The number of fused-ring (bicyclic) bond motifs is 1. The lowest BCUT2D eigenvalue weighted by atomic mass is 10.00. The number of rotatable bonds is 5. The largest absolute Gasteiger partial charge is 0.314 e. The molecule has 2 saturated carbocycles. The van der Waals surface area contributed by atoms with Crippen molar-refractivity contribution < 1.29 is 0 Å². The Hall–Kier alpha value is -0.340. The van der Waals surface area contributed by atoms with Crippen molar-refractivity contribution in [3.8, 4) is 0 Å². The summed E-state index contributed by atoms with van der Waals surface area (Å²) in [7, 11) is 0. The average Bonchev–Trinajstić information content (AvgIpc) is 3.15. The lowest BCUT2D eigenvalue weighted by Gasteiger charge is -2.19.